The zero-order valence-electron chi connectivity index (χ0n) is 14.0. The van der Waals surface area contributed by atoms with E-state index in [0.717, 1.165) is 13.2 Å². The lowest BCUT2D eigenvalue weighted by molar-refractivity contribution is 0.0595. The van der Waals surface area contributed by atoms with E-state index in [2.05, 4.69) is 15.4 Å². The van der Waals surface area contributed by atoms with Crippen molar-refractivity contribution in [2.45, 2.75) is 13.0 Å². The van der Waals surface area contributed by atoms with Crippen LogP contribution < -0.4 is 10.6 Å². The molecule has 0 aliphatic heterocycles. The Labute approximate surface area is 148 Å². The molecule has 1 aromatic heterocycles. The molecule has 7 nitrogen and oxygen atoms in total. The number of benzene rings is 1. The summed E-state index contributed by atoms with van der Waals surface area (Å²) in [4.78, 5) is 23.2. The first-order chi connectivity index (χ1) is 12.5. The van der Waals surface area contributed by atoms with Crippen LogP contribution in [0.3, 0.4) is 0 Å². The van der Waals surface area contributed by atoms with Crippen LogP contribution in [0.15, 0.2) is 34.9 Å². The Kier molecular flexibility index (Phi) is 7.10. The molecule has 26 heavy (non-hydrogen) atoms. The smallest absolute Gasteiger partial charge is 0.340 e. The van der Waals surface area contributed by atoms with Gasteiger partial charge < -0.3 is 24.5 Å². The molecule has 0 unspecified atom stereocenters. The van der Waals surface area contributed by atoms with Crippen molar-refractivity contribution in [1.82, 2.24) is 5.32 Å². The van der Waals surface area contributed by atoms with E-state index >= 15 is 0 Å². The van der Waals surface area contributed by atoms with Crippen LogP contribution >= 0.6 is 0 Å². The largest absolute Gasteiger partial charge is 0.467 e. The SMILES string of the molecule is COC(=O)c1cc(NC(=O)NCCCOCc2ccco2)c(F)cc1F. The third-order valence-corrected chi connectivity index (χ3v) is 3.29. The minimum atomic E-state index is -1.07. The predicted octanol–water partition coefficient (Wildman–Crippen LogP) is 3.07. The molecule has 2 aromatic rings. The maximum absolute atomic E-state index is 13.7. The maximum Gasteiger partial charge on any atom is 0.340 e. The van der Waals surface area contributed by atoms with Gasteiger partial charge in [-0.1, -0.05) is 0 Å². The van der Waals surface area contributed by atoms with Gasteiger partial charge in [-0.05, 0) is 24.6 Å². The number of nitrogens with one attached hydrogen (secondary N) is 2. The van der Waals surface area contributed by atoms with Crippen LogP contribution in [0, 0.1) is 11.6 Å². The van der Waals surface area contributed by atoms with Crippen molar-refractivity contribution in [3.8, 4) is 0 Å². The Morgan fingerprint density at radius 1 is 1.23 bits per heavy atom. The molecule has 0 aliphatic carbocycles. The molecule has 2 rings (SSSR count). The Morgan fingerprint density at radius 3 is 2.73 bits per heavy atom. The minimum Gasteiger partial charge on any atom is -0.467 e. The van der Waals surface area contributed by atoms with E-state index in [0.29, 0.717) is 31.5 Å². The Morgan fingerprint density at radius 2 is 2.04 bits per heavy atom. The standard InChI is InChI=1S/C17H18F2N2O5/c1-24-16(22)12-8-15(14(19)9-13(12)18)21-17(23)20-5-3-6-25-10-11-4-2-7-26-11/h2,4,7-9H,3,5-6,10H2,1H3,(H2,20,21,23). The highest BCUT2D eigenvalue weighted by Gasteiger charge is 2.17. The van der Waals surface area contributed by atoms with Gasteiger partial charge in [0.15, 0.2) is 0 Å². The van der Waals surface area contributed by atoms with E-state index in [1.807, 2.05) is 0 Å². The molecule has 2 N–H and O–H groups in total. The number of esters is 1. The van der Waals surface area contributed by atoms with E-state index in [4.69, 9.17) is 9.15 Å². The molecule has 0 saturated carbocycles. The van der Waals surface area contributed by atoms with Crippen molar-refractivity contribution in [1.29, 1.82) is 0 Å². The van der Waals surface area contributed by atoms with Gasteiger partial charge in [0.25, 0.3) is 0 Å². The van der Waals surface area contributed by atoms with Crippen molar-refractivity contribution >= 4 is 17.7 Å². The number of carbonyl (C=O) groups excluding carboxylic acids is 2. The molecule has 0 saturated heterocycles. The van der Waals surface area contributed by atoms with Gasteiger partial charge >= 0.3 is 12.0 Å². The second kappa shape index (κ2) is 9.52. The average Bonchev–Trinajstić information content (AvgIpc) is 3.13. The van der Waals surface area contributed by atoms with Crippen molar-refractivity contribution in [2.24, 2.45) is 0 Å². The molecule has 1 aromatic carbocycles. The molecule has 9 heteroatoms. The number of ether oxygens (including phenoxy) is 2. The van der Waals surface area contributed by atoms with Crippen molar-refractivity contribution in [3.05, 3.63) is 53.5 Å². The number of amides is 2. The molecule has 0 atom stereocenters. The Bertz CT molecular complexity index is 750. The van der Waals surface area contributed by atoms with E-state index in [1.54, 1.807) is 18.4 Å². The van der Waals surface area contributed by atoms with E-state index in [-0.39, 0.29) is 12.2 Å². The van der Waals surface area contributed by atoms with Crippen molar-refractivity contribution in [2.75, 3.05) is 25.6 Å². The van der Waals surface area contributed by atoms with E-state index < -0.39 is 29.2 Å². The second-order valence-corrected chi connectivity index (χ2v) is 5.17. The molecule has 0 radical (unpaired) electrons. The second-order valence-electron chi connectivity index (χ2n) is 5.17. The van der Waals surface area contributed by atoms with Gasteiger partial charge in [-0.25, -0.2) is 18.4 Å². The molecule has 1 heterocycles. The number of hydrogen-bond acceptors (Lipinski definition) is 5. The summed E-state index contributed by atoms with van der Waals surface area (Å²) < 4.78 is 42.1. The number of carbonyl (C=O) groups is 2. The number of rotatable bonds is 8. The Hall–Kier alpha value is -2.94. The van der Waals surface area contributed by atoms with Crippen LogP contribution in [0.4, 0.5) is 19.3 Å². The summed E-state index contributed by atoms with van der Waals surface area (Å²) in [7, 11) is 1.07. The lowest BCUT2D eigenvalue weighted by Crippen LogP contribution is -2.30. The highest BCUT2D eigenvalue weighted by atomic mass is 19.1. The number of halogens is 2. The lowest BCUT2D eigenvalue weighted by atomic mass is 10.2. The molecule has 0 fully saturated rings. The number of urea groups is 1. The fraction of sp³-hybridized carbons (Fsp3) is 0.294. The van der Waals surface area contributed by atoms with Crippen LogP contribution in [-0.2, 0) is 16.1 Å². The average molecular weight is 368 g/mol. The zero-order valence-corrected chi connectivity index (χ0v) is 14.0. The number of methoxy groups -OCH3 is 1. The molecule has 2 amide bonds. The summed E-state index contributed by atoms with van der Waals surface area (Å²) in [6.45, 7) is 0.991. The highest BCUT2D eigenvalue weighted by molar-refractivity contribution is 5.94. The summed E-state index contributed by atoms with van der Waals surface area (Å²) in [6, 6.07) is 4.22. The number of anilines is 1. The molecule has 0 bridgehead atoms. The van der Waals surface area contributed by atoms with Crippen molar-refractivity contribution in [3.63, 3.8) is 0 Å². The van der Waals surface area contributed by atoms with E-state index in [1.165, 1.54) is 0 Å². The fourth-order valence-electron chi connectivity index (χ4n) is 2.02. The summed E-state index contributed by atoms with van der Waals surface area (Å²) in [5.74, 6) is -2.36. The molecule has 140 valence electrons. The lowest BCUT2D eigenvalue weighted by Gasteiger charge is -2.10. The van der Waals surface area contributed by atoms with Gasteiger partial charge in [0, 0.05) is 19.2 Å². The molecule has 0 aliphatic rings. The third-order valence-electron chi connectivity index (χ3n) is 3.29. The number of hydrogen-bond donors (Lipinski definition) is 2. The first-order valence-corrected chi connectivity index (χ1v) is 7.73. The van der Waals surface area contributed by atoms with Crippen LogP contribution in [-0.4, -0.2) is 32.3 Å². The first-order valence-electron chi connectivity index (χ1n) is 7.73. The van der Waals surface area contributed by atoms with Crippen LogP contribution in [0.2, 0.25) is 0 Å². The van der Waals surface area contributed by atoms with Gasteiger partial charge in [-0.15, -0.1) is 0 Å². The molecular weight excluding hydrogens is 350 g/mol. The minimum absolute atomic E-state index is 0.274. The normalized spacial score (nSPS) is 10.4. The van der Waals surface area contributed by atoms with Crippen LogP contribution in [0.5, 0.6) is 0 Å². The van der Waals surface area contributed by atoms with Gasteiger partial charge in [0.2, 0.25) is 0 Å². The topological polar surface area (TPSA) is 89.8 Å². The Balaban J connectivity index is 1.75. The fourth-order valence-corrected chi connectivity index (χ4v) is 2.02. The van der Waals surface area contributed by atoms with Gasteiger partial charge in [-0.3, -0.25) is 0 Å². The first kappa shape index (κ1) is 19.4. The summed E-state index contributed by atoms with van der Waals surface area (Å²) in [6.07, 6.45) is 2.07. The number of furan rings is 1. The summed E-state index contributed by atoms with van der Waals surface area (Å²) >= 11 is 0. The zero-order chi connectivity index (χ0) is 18.9. The monoisotopic (exact) mass is 368 g/mol. The van der Waals surface area contributed by atoms with E-state index in [9.17, 15) is 18.4 Å². The van der Waals surface area contributed by atoms with Crippen LogP contribution in [0.1, 0.15) is 22.5 Å². The van der Waals surface area contributed by atoms with Gasteiger partial charge in [0.05, 0.1) is 24.6 Å². The third kappa shape index (κ3) is 5.55. The quantitative estimate of drug-likeness (QED) is 0.552. The highest BCUT2D eigenvalue weighted by Crippen LogP contribution is 2.20. The van der Waals surface area contributed by atoms with Crippen LogP contribution in [0.25, 0.3) is 0 Å². The maximum atomic E-state index is 13.7. The summed E-state index contributed by atoms with van der Waals surface area (Å²) in [5, 5.41) is 4.71. The molecular formula is C17H18F2N2O5. The van der Waals surface area contributed by atoms with Gasteiger partial charge in [-0.2, -0.15) is 0 Å². The summed E-state index contributed by atoms with van der Waals surface area (Å²) in [5.41, 5.74) is -0.811. The predicted molar refractivity (Wildman–Crippen MR) is 87.7 cm³/mol. The van der Waals surface area contributed by atoms with Gasteiger partial charge in [0.1, 0.15) is 24.0 Å². The van der Waals surface area contributed by atoms with Crippen molar-refractivity contribution < 1.29 is 32.3 Å². The molecule has 0 spiro atoms.